The van der Waals surface area contributed by atoms with Crippen LogP contribution in [-0.2, 0) is 11.2 Å². The van der Waals surface area contributed by atoms with E-state index in [9.17, 15) is 4.79 Å². The fourth-order valence-corrected chi connectivity index (χ4v) is 2.07. The summed E-state index contributed by atoms with van der Waals surface area (Å²) in [6, 6.07) is 5.99. The predicted molar refractivity (Wildman–Crippen MR) is 72.1 cm³/mol. The minimum atomic E-state index is 0.102. The molecule has 0 saturated carbocycles. The molecule has 1 amide bonds. The van der Waals surface area contributed by atoms with Crippen LogP contribution in [0.1, 0.15) is 12.5 Å². The Morgan fingerprint density at radius 3 is 2.72 bits per heavy atom. The van der Waals surface area contributed by atoms with Crippen molar-refractivity contribution in [3.8, 4) is 5.75 Å². The highest BCUT2D eigenvalue weighted by atomic mass is 16.5. The van der Waals surface area contributed by atoms with Gasteiger partial charge in [-0.3, -0.25) is 4.79 Å². The number of carbonyl (C=O) groups is 1. The third-order valence-corrected chi connectivity index (χ3v) is 3.47. The molecule has 18 heavy (non-hydrogen) atoms. The minimum absolute atomic E-state index is 0.102. The van der Waals surface area contributed by atoms with Crippen molar-refractivity contribution in [2.24, 2.45) is 5.92 Å². The Morgan fingerprint density at radius 1 is 1.50 bits per heavy atom. The number of hydrogen-bond donors (Lipinski definition) is 1. The zero-order chi connectivity index (χ0) is 13.1. The lowest BCUT2D eigenvalue weighted by atomic mass is 10.0. The number of carbonyl (C=O) groups excluding carboxylic acids is 1. The van der Waals surface area contributed by atoms with Gasteiger partial charge in [-0.15, -0.1) is 0 Å². The van der Waals surface area contributed by atoms with Crippen LogP contribution in [0.3, 0.4) is 0 Å². The molecule has 0 unspecified atom stereocenters. The van der Waals surface area contributed by atoms with E-state index in [1.807, 2.05) is 25.2 Å². The van der Waals surface area contributed by atoms with Crippen LogP contribution in [0.2, 0.25) is 0 Å². The second-order valence-electron chi connectivity index (χ2n) is 4.61. The lowest BCUT2D eigenvalue weighted by molar-refractivity contribution is -0.123. The van der Waals surface area contributed by atoms with Crippen molar-refractivity contribution in [3.63, 3.8) is 0 Å². The van der Waals surface area contributed by atoms with Crippen molar-refractivity contribution >= 4 is 11.6 Å². The van der Waals surface area contributed by atoms with E-state index in [1.54, 1.807) is 12.0 Å². The highest BCUT2D eigenvalue weighted by Gasteiger charge is 2.29. The van der Waals surface area contributed by atoms with Gasteiger partial charge in [-0.1, -0.05) is 13.0 Å². The number of amides is 1. The maximum absolute atomic E-state index is 12.2. The first-order valence-corrected chi connectivity index (χ1v) is 6.32. The number of benzene rings is 1. The Hall–Kier alpha value is -1.55. The summed E-state index contributed by atoms with van der Waals surface area (Å²) in [6.45, 7) is 3.65. The molecular formula is C14H20N2O2. The number of ether oxygens (including phenoxy) is 1. The van der Waals surface area contributed by atoms with Crippen LogP contribution in [-0.4, -0.2) is 33.2 Å². The zero-order valence-corrected chi connectivity index (χ0v) is 11.2. The van der Waals surface area contributed by atoms with E-state index in [0.717, 1.165) is 30.9 Å². The van der Waals surface area contributed by atoms with Gasteiger partial charge in [-0.05, 0) is 24.1 Å². The Bertz CT molecular complexity index is 441. The summed E-state index contributed by atoms with van der Waals surface area (Å²) in [6.07, 6.45) is 0.948. The molecule has 0 atom stereocenters. The van der Waals surface area contributed by atoms with Gasteiger partial charge in [0.2, 0.25) is 5.91 Å². The van der Waals surface area contributed by atoms with Crippen molar-refractivity contribution < 1.29 is 9.53 Å². The molecule has 0 spiro atoms. The van der Waals surface area contributed by atoms with Crippen LogP contribution in [0, 0.1) is 5.92 Å². The number of anilines is 1. The van der Waals surface area contributed by atoms with Crippen molar-refractivity contribution in [1.82, 2.24) is 5.32 Å². The molecule has 1 aliphatic rings. The number of rotatable bonds is 4. The predicted octanol–water partition coefficient (Wildman–Crippen LogP) is 1.44. The first-order chi connectivity index (χ1) is 8.67. The summed E-state index contributed by atoms with van der Waals surface area (Å²) in [5.74, 6) is 1.00. The van der Waals surface area contributed by atoms with E-state index in [2.05, 4.69) is 12.2 Å². The standard InChI is InChI=1S/C14H20N2O2/c1-4-10-5-6-13(18-3)12(7-10)16(2)14(17)11-8-15-9-11/h5-7,11,15H,4,8-9H2,1-3H3. The van der Waals surface area contributed by atoms with E-state index in [0.29, 0.717) is 0 Å². The van der Waals surface area contributed by atoms with Gasteiger partial charge in [0.05, 0.1) is 18.7 Å². The van der Waals surface area contributed by atoms with Crippen molar-refractivity contribution in [2.45, 2.75) is 13.3 Å². The summed E-state index contributed by atoms with van der Waals surface area (Å²) in [5.41, 5.74) is 2.06. The summed E-state index contributed by atoms with van der Waals surface area (Å²) in [4.78, 5) is 13.9. The van der Waals surface area contributed by atoms with Crippen LogP contribution in [0.25, 0.3) is 0 Å². The molecule has 1 fully saturated rings. The average Bonchev–Trinajstić information content (AvgIpc) is 2.34. The molecule has 0 aliphatic carbocycles. The fourth-order valence-electron chi connectivity index (χ4n) is 2.07. The summed E-state index contributed by atoms with van der Waals surface area (Å²) < 4.78 is 5.34. The van der Waals surface area contributed by atoms with Gasteiger partial charge in [0.1, 0.15) is 5.75 Å². The molecule has 1 aliphatic heterocycles. The molecule has 0 aromatic heterocycles. The van der Waals surface area contributed by atoms with Gasteiger partial charge in [-0.25, -0.2) is 0 Å². The third kappa shape index (κ3) is 2.34. The Labute approximate surface area is 108 Å². The summed E-state index contributed by atoms with van der Waals surface area (Å²) in [7, 11) is 3.45. The highest BCUT2D eigenvalue weighted by Crippen LogP contribution is 2.30. The number of nitrogens with one attached hydrogen (secondary N) is 1. The second kappa shape index (κ2) is 5.40. The summed E-state index contributed by atoms with van der Waals surface area (Å²) in [5, 5.41) is 3.12. The molecule has 2 rings (SSSR count). The molecule has 4 nitrogen and oxygen atoms in total. The largest absolute Gasteiger partial charge is 0.495 e. The van der Waals surface area contributed by atoms with E-state index >= 15 is 0 Å². The number of methoxy groups -OCH3 is 1. The summed E-state index contributed by atoms with van der Waals surface area (Å²) >= 11 is 0. The molecule has 4 heteroatoms. The molecule has 1 aromatic carbocycles. The van der Waals surface area contributed by atoms with E-state index in [4.69, 9.17) is 4.74 Å². The van der Waals surface area contributed by atoms with Crippen LogP contribution in [0.15, 0.2) is 18.2 Å². The molecule has 1 heterocycles. The molecule has 1 N–H and O–H groups in total. The fraction of sp³-hybridized carbons (Fsp3) is 0.500. The molecular weight excluding hydrogens is 228 g/mol. The SMILES string of the molecule is CCc1ccc(OC)c(N(C)C(=O)C2CNC2)c1. The van der Waals surface area contributed by atoms with Gasteiger partial charge in [-0.2, -0.15) is 0 Å². The monoisotopic (exact) mass is 248 g/mol. The maximum atomic E-state index is 12.2. The van der Waals surface area contributed by atoms with Gasteiger partial charge in [0, 0.05) is 20.1 Å². The highest BCUT2D eigenvalue weighted by molar-refractivity contribution is 5.96. The van der Waals surface area contributed by atoms with Crippen LogP contribution in [0.5, 0.6) is 5.75 Å². The van der Waals surface area contributed by atoms with Gasteiger partial charge in [0.15, 0.2) is 0 Å². The normalized spacial score (nSPS) is 15.1. The molecule has 1 aromatic rings. The average molecular weight is 248 g/mol. The Kier molecular flexibility index (Phi) is 3.87. The Balaban J connectivity index is 2.26. The molecule has 1 saturated heterocycles. The lowest BCUT2D eigenvalue weighted by Gasteiger charge is -2.31. The minimum Gasteiger partial charge on any atom is -0.495 e. The van der Waals surface area contributed by atoms with Crippen LogP contribution in [0.4, 0.5) is 5.69 Å². The second-order valence-corrected chi connectivity index (χ2v) is 4.61. The zero-order valence-electron chi connectivity index (χ0n) is 11.2. The number of nitrogens with zero attached hydrogens (tertiary/aromatic N) is 1. The van der Waals surface area contributed by atoms with Crippen molar-refractivity contribution in [3.05, 3.63) is 23.8 Å². The van der Waals surface area contributed by atoms with E-state index < -0.39 is 0 Å². The first-order valence-electron chi connectivity index (χ1n) is 6.32. The molecule has 98 valence electrons. The van der Waals surface area contributed by atoms with E-state index in [1.165, 1.54) is 5.56 Å². The van der Waals surface area contributed by atoms with Crippen molar-refractivity contribution in [1.29, 1.82) is 0 Å². The van der Waals surface area contributed by atoms with Gasteiger partial charge in [0.25, 0.3) is 0 Å². The topological polar surface area (TPSA) is 41.6 Å². The smallest absolute Gasteiger partial charge is 0.232 e. The molecule has 0 bridgehead atoms. The van der Waals surface area contributed by atoms with Gasteiger partial charge < -0.3 is 15.0 Å². The van der Waals surface area contributed by atoms with Crippen molar-refractivity contribution in [2.75, 3.05) is 32.1 Å². The van der Waals surface area contributed by atoms with Crippen LogP contribution < -0.4 is 15.0 Å². The first kappa shape index (κ1) is 12.9. The van der Waals surface area contributed by atoms with Crippen LogP contribution >= 0.6 is 0 Å². The number of aryl methyl sites for hydroxylation is 1. The van der Waals surface area contributed by atoms with E-state index in [-0.39, 0.29) is 11.8 Å². The lowest BCUT2D eigenvalue weighted by Crippen LogP contribution is -2.51. The third-order valence-electron chi connectivity index (χ3n) is 3.47. The Morgan fingerprint density at radius 2 is 2.22 bits per heavy atom. The number of hydrogen-bond acceptors (Lipinski definition) is 3. The molecule has 0 radical (unpaired) electrons. The quantitative estimate of drug-likeness (QED) is 0.876. The van der Waals surface area contributed by atoms with Gasteiger partial charge >= 0.3 is 0 Å². The maximum Gasteiger partial charge on any atom is 0.232 e.